The third-order valence-electron chi connectivity index (χ3n) is 4.64. The van der Waals surface area contributed by atoms with Gasteiger partial charge in [0.2, 0.25) is 15.0 Å². The molecular weight excluding hydrogens is 420 g/mol. The highest BCUT2D eigenvalue weighted by atomic mass is 32.2. The maximum Gasteiger partial charge on any atom is 0.228 e. The summed E-state index contributed by atoms with van der Waals surface area (Å²) in [5, 5.41) is 3.85. The highest BCUT2D eigenvalue weighted by Gasteiger charge is 2.26. The van der Waals surface area contributed by atoms with Gasteiger partial charge in [-0.1, -0.05) is 29.8 Å². The maximum absolute atomic E-state index is 13.2. The lowest BCUT2D eigenvalue weighted by molar-refractivity contribution is 0.173. The number of hydrogen-bond acceptors (Lipinski definition) is 5. The van der Waals surface area contributed by atoms with E-state index in [0.29, 0.717) is 31.4 Å². The zero-order chi connectivity index (χ0) is 22.3. The number of hydrogen-bond donors (Lipinski definition) is 1. The third-order valence-corrected chi connectivity index (χ3v) is 6.62. The Labute approximate surface area is 185 Å². The highest BCUT2D eigenvalue weighted by Crippen LogP contribution is 2.23. The van der Waals surface area contributed by atoms with Crippen LogP contribution in [0.4, 0.5) is 0 Å². The summed E-state index contributed by atoms with van der Waals surface area (Å²) in [6, 6.07) is 7.46. The van der Waals surface area contributed by atoms with E-state index in [0.717, 1.165) is 16.8 Å². The SMILES string of the molecule is CCNC(=S)N(CCOC)Cc1cnc(S(=O)(=O)Cc2ccc(C)cc2)n1C(C)C. The molecule has 0 fully saturated rings. The maximum atomic E-state index is 13.2. The second kappa shape index (κ2) is 10.9. The predicted molar refractivity (Wildman–Crippen MR) is 123 cm³/mol. The molecule has 1 aromatic carbocycles. The van der Waals surface area contributed by atoms with Gasteiger partial charge in [-0.2, -0.15) is 0 Å². The monoisotopic (exact) mass is 452 g/mol. The number of aryl methyl sites for hydroxylation is 1. The van der Waals surface area contributed by atoms with Gasteiger partial charge in [0.15, 0.2) is 5.11 Å². The third kappa shape index (κ3) is 6.26. The molecular formula is C21H32N4O3S2. The summed E-state index contributed by atoms with van der Waals surface area (Å²) in [6.45, 7) is 10.1. The highest BCUT2D eigenvalue weighted by molar-refractivity contribution is 7.90. The fraction of sp³-hybridized carbons (Fsp3) is 0.524. The molecule has 7 nitrogen and oxygen atoms in total. The first-order chi connectivity index (χ1) is 14.2. The minimum Gasteiger partial charge on any atom is -0.383 e. The van der Waals surface area contributed by atoms with Crippen LogP contribution in [0.15, 0.2) is 35.6 Å². The minimum absolute atomic E-state index is 0.0673. The van der Waals surface area contributed by atoms with Crippen molar-refractivity contribution in [3.63, 3.8) is 0 Å². The van der Waals surface area contributed by atoms with E-state index in [-0.39, 0.29) is 17.0 Å². The molecule has 0 saturated carbocycles. The van der Waals surface area contributed by atoms with E-state index in [2.05, 4.69) is 10.3 Å². The number of benzene rings is 1. The molecule has 0 bridgehead atoms. The van der Waals surface area contributed by atoms with Crippen LogP contribution in [0.3, 0.4) is 0 Å². The normalized spacial score (nSPS) is 11.7. The van der Waals surface area contributed by atoms with Gasteiger partial charge in [0, 0.05) is 26.2 Å². The van der Waals surface area contributed by atoms with Crippen LogP contribution >= 0.6 is 12.2 Å². The number of sulfone groups is 1. The number of methoxy groups -OCH3 is 1. The van der Waals surface area contributed by atoms with Gasteiger partial charge in [0.05, 0.1) is 30.8 Å². The number of ether oxygens (including phenoxy) is 1. The predicted octanol–water partition coefficient (Wildman–Crippen LogP) is 3.09. The van der Waals surface area contributed by atoms with E-state index in [9.17, 15) is 8.42 Å². The summed E-state index contributed by atoms with van der Waals surface area (Å²) in [5.41, 5.74) is 2.63. The first-order valence-electron chi connectivity index (χ1n) is 10.1. The number of imidazole rings is 1. The second-order valence-corrected chi connectivity index (χ2v) is 9.76. The molecule has 0 spiro atoms. The van der Waals surface area contributed by atoms with Gasteiger partial charge in [-0.15, -0.1) is 0 Å². The molecule has 1 heterocycles. The van der Waals surface area contributed by atoms with E-state index in [1.807, 2.05) is 56.9 Å². The van der Waals surface area contributed by atoms with Crippen LogP contribution in [-0.4, -0.2) is 54.8 Å². The van der Waals surface area contributed by atoms with Crippen molar-refractivity contribution in [3.8, 4) is 0 Å². The Morgan fingerprint density at radius 1 is 1.30 bits per heavy atom. The zero-order valence-corrected chi connectivity index (χ0v) is 20.0. The van der Waals surface area contributed by atoms with Crippen molar-refractivity contribution in [2.75, 3.05) is 26.8 Å². The summed E-state index contributed by atoms with van der Waals surface area (Å²) in [5.74, 6) is -0.0837. The zero-order valence-electron chi connectivity index (χ0n) is 18.4. The van der Waals surface area contributed by atoms with Crippen molar-refractivity contribution in [1.29, 1.82) is 0 Å². The first kappa shape index (κ1) is 24.3. The van der Waals surface area contributed by atoms with Gasteiger partial charge >= 0.3 is 0 Å². The van der Waals surface area contributed by atoms with Crippen LogP contribution in [-0.2, 0) is 26.9 Å². The Balaban J connectivity index is 2.34. The quantitative estimate of drug-likeness (QED) is 0.555. The molecule has 1 N–H and O–H groups in total. The molecule has 0 saturated heterocycles. The molecule has 2 aromatic rings. The van der Waals surface area contributed by atoms with Crippen LogP contribution in [0.2, 0.25) is 0 Å². The van der Waals surface area contributed by atoms with Crippen LogP contribution in [0.5, 0.6) is 0 Å². The van der Waals surface area contributed by atoms with Crippen molar-refractivity contribution in [2.45, 2.75) is 51.2 Å². The molecule has 166 valence electrons. The summed E-state index contributed by atoms with van der Waals surface area (Å²) in [4.78, 5) is 6.28. The molecule has 0 aliphatic heterocycles. The lowest BCUT2D eigenvalue weighted by Crippen LogP contribution is -2.41. The Kier molecular flexibility index (Phi) is 8.81. The second-order valence-electron chi connectivity index (χ2n) is 7.49. The Morgan fingerprint density at radius 3 is 2.53 bits per heavy atom. The molecule has 9 heteroatoms. The molecule has 0 radical (unpaired) electrons. The van der Waals surface area contributed by atoms with E-state index in [1.54, 1.807) is 17.9 Å². The van der Waals surface area contributed by atoms with Crippen molar-refractivity contribution >= 4 is 27.2 Å². The van der Waals surface area contributed by atoms with Crippen molar-refractivity contribution in [3.05, 3.63) is 47.3 Å². The number of nitrogens with one attached hydrogen (secondary N) is 1. The van der Waals surface area contributed by atoms with Crippen LogP contribution in [0.25, 0.3) is 0 Å². The number of aromatic nitrogens is 2. The molecule has 1 aromatic heterocycles. The molecule has 0 unspecified atom stereocenters. The lowest BCUT2D eigenvalue weighted by atomic mass is 10.2. The average molecular weight is 453 g/mol. The van der Waals surface area contributed by atoms with Gasteiger partial charge in [-0.05, 0) is 45.5 Å². The van der Waals surface area contributed by atoms with Crippen molar-refractivity contribution in [1.82, 2.24) is 19.8 Å². The van der Waals surface area contributed by atoms with E-state index < -0.39 is 9.84 Å². The molecule has 0 aliphatic rings. The average Bonchev–Trinajstić information content (AvgIpc) is 3.12. The van der Waals surface area contributed by atoms with Gasteiger partial charge in [-0.3, -0.25) is 0 Å². The molecule has 0 atom stereocenters. The molecule has 2 rings (SSSR count). The van der Waals surface area contributed by atoms with Crippen LogP contribution in [0, 0.1) is 6.92 Å². The molecule has 0 aliphatic carbocycles. The largest absolute Gasteiger partial charge is 0.383 e. The number of rotatable bonds is 10. The van der Waals surface area contributed by atoms with E-state index in [4.69, 9.17) is 17.0 Å². The van der Waals surface area contributed by atoms with Gasteiger partial charge < -0.3 is 19.5 Å². The molecule has 0 amide bonds. The smallest absolute Gasteiger partial charge is 0.228 e. The topological polar surface area (TPSA) is 76.5 Å². The Morgan fingerprint density at radius 2 is 1.97 bits per heavy atom. The van der Waals surface area contributed by atoms with Gasteiger partial charge in [0.1, 0.15) is 0 Å². The number of nitrogens with zero attached hydrogens (tertiary/aromatic N) is 3. The fourth-order valence-electron chi connectivity index (χ4n) is 3.16. The fourth-order valence-corrected chi connectivity index (χ4v) is 5.06. The molecule has 30 heavy (non-hydrogen) atoms. The summed E-state index contributed by atoms with van der Waals surface area (Å²) in [6.07, 6.45) is 1.64. The van der Waals surface area contributed by atoms with Crippen molar-refractivity contribution < 1.29 is 13.2 Å². The first-order valence-corrected chi connectivity index (χ1v) is 12.1. The van der Waals surface area contributed by atoms with E-state index >= 15 is 0 Å². The van der Waals surface area contributed by atoms with Crippen LogP contribution in [0.1, 0.15) is 43.6 Å². The van der Waals surface area contributed by atoms with Crippen LogP contribution < -0.4 is 5.32 Å². The Hall–Kier alpha value is -1.97. The standard InChI is InChI=1S/C21H32N4O3S2/c1-6-22-20(29)24(11-12-28-5)14-19-13-23-21(25(19)16(2)3)30(26,27)15-18-9-7-17(4)8-10-18/h7-10,13,16H,6,11-12,14-15H2,1-5H3,(H,22,29). The Bertz CT molecular complexity index is 938. The van der Waals surface area contributed by atoms with Gasteiger partial charge in [-0.25, -0.2) is 13.4 Å². The number of thiocarbonyl (C=S) groups is 1. The minimum atomic E-state index is -3.60. The van der Waals surface area contributed by atoms with E-state index in [1.165, 1.54) is 0 Å². The summed E-state index contributed by atoms with van der Waals surface area (Å²) in [7, 11) is -1.96. The lowest BCUT2D eigenvalue weighted by Gasteiger charge is -2.26. The summed E-state index contributed by atoms with van der Waals surface area (Å²) < 4.78 is 33.3. The van der Waals surface area contributed by atoms with Gasteiger partial charge in [0.25, 0.3) is 0 Å². The summed E-state index contributed by atoms with van der Waals surface area (Å²) >= 11 is 5.48. The van der Waals surface area contributed by atoms with Crippen molar-refractivity contribution in [2.24, 2.45) is 0 Å².